The molecule has 3 aromatic rings. The van der Waals surface area contributed by atoms with Crippen LogP contribution >= 0.6 is 46.7 Å². The van der Waals surface area contributed by atoms with Crippen LogP contribution in [0.3, 0.4) is 0 Å². The normalized spacial score (nSPS) is 10.9. The first-order chi connectivity index (χ1) is 13.1. The molecule has 142 valence electrons. The fraction of sp³-hybridized carbons (Fsp3) is 0.263. The van der Waals surface area contributed by atoms with E-state index in [2.05, 4.69) is 10.2 Å². The van der Waals surface area contributed by atoms with Gasteiger partial charge in [0.15, 0.2) is 5.16 Å². The van der Waals surface area contributed by atoms with E-state index < -0.39 is 0 Å². The van der Waals surface area contributed by atoms with Gasteiger partial charge in [-0.05, 0) is 29.8 Å². The average Bonchev–Trinajstić information content (AvgIpc) is 3.01. The van der Waals surface area contributed by atoms with Crippen molar-refractivity contribution < 1.29 is 4.74 Å². The Morgan fingerprint density at radius 2 is 1.85 bits per heavy atom. The van der Waals surface area contributed by atoms with Crippen molar-refractivity contribution in [1.29, 1.82) is 0 Å². The molecule has 4 nitrogen and oxygen atoms in total. The Morgan fingerprint density at radius 1 is 1.04 bits per heavy atom. The van der Waals surface area contributed by atoms with Gasteiger partial charge in [0, 0.05) is 28.6 Å². The minimum atomic E-state index is 0.642. The summed E-state index contributed by atoms with van der Waals surface area (Å²) in [7, 11) is 1.99. The first-order valence-electron chi connectivity index (χ1n) is 8.34. The molecule has 0 saturated carbocycles. The molecule has 0 aliphatic carbocycles. The quantitative estimate of drug-likeness (QED) is 0.314. The lowest BCUT2D eigenvalue weighted by atomic mass is 10.2. The average molecular weight is 440 g/mol. The van der Waals surface area contributed by atoms with Crippen molar-refractivity contribution >= 4 is 46.7 Å². The Bertz CT molecular complexity index is 875. The summed E-state index contributed by atoms with van der Waals surface area (Å²) in [6.07, 6.45) is 0. The fourth-order valence-electron chi connectivity index (χ4n) is 2.28. The van der Waals surface area contributed by atoms with Crippen molar-refractivity contribution in [3.63, 3.8) is 0 Å². The Morgan fingerprint density at radius 3 is 2.63 bits per heavy atom. The molecule has 0 aliphatic rings. The van der Waals surface area contributed by atoms with Gasteiger partial charge in [0.25, 0.3) is 0 Å². The highest BCUT2D eigenvalue weighted by atomic mass is 35.5. The third-order valence-electron chi connectivity index (χ3n) is 3.77. The molecule has 0 amide bonds. The maximum atomic E-state index is 6.23. The molecule has 3 rings (SSSR count). The molecule has 0 radical (unpaired) electrons. The smallest absolute Gasteiger partial charge is 0.191 e. The van der Waals surface area contributed by atoms with E-state index in [4.69, 9.17) is 27.9 Å². The zero-order valence-corrected chi connectivity index (χ0v) is 17.9. The van der Waals surface area contributed by atoms with Crippen LogP contribution in [0.15, 0.2) is 53.7 Å². The van der Waals surface area contributed by atoms with E-state index in [0.29, 0.717) is 16.7 Å². The molecule has 8 heteroatoms. The van der Waals surface area contributed by atoms with Crippen LogP contribution in [-0.2, 0) is 18.6 Å². The third-order valence-corrected chi connectivity index (χ3v) is 6.34. The summed E-state index contributed by atoms with van der Waals surface area (Å²) in [5.41, 5.74) is 1.03. The van der Waals surface area contributed by atoms with E-state index in [1.54, 1.807) is 29.6 Å². The summed E-state index contributed by atoms with van der Waals surface area (Å²) in [6, 6.07) is 15.4. The summed E-state index contributed by atoms with van der Waals surface area (Å²) in [5.74, 6) is 4.26. The number of benzene rings is 2. The number of para-hydroxylation sites is 1. The van der Waals surface area contributed by atoms with Crippen molar-refractivity contribution in [2.45, 2.75) is 16.7 Å². The minimum Gasteiger partial charge on any atom is -0.493 e. The first-order valence-corrected chi connectivity index (χ1v) is 11.2. The number of rotatable bonds is 9. The van der Waals surface area contributed by atoms with Gasteiger partial charge < -0.3 is 9.30 Å². The van der Waals surface area contributed by atoms with E-state index in [1.165, 1.54) is 0 Å². The zero-order chi connectivity index (χ0) is 19.1. The van der Waals surface area contributed by atoms with E-state index in [9.17, 15) is 0 Å². The number of hydrogen-bond donors (Lipinski definition) is 0. The second-order valence-electron chi connectivity index (χ2n) is 5.70. The van der Waals surface area contributed by atoms with Crippen molar-refractivity contribution in [2.75, 3.05) is 12.4 Å². The molecule has 0 saturated heterocycles. The second kappa shape index (κ2) is 10.3. The number of halogens is 2. The Labute approximate surface area is 177 Å². The number of ether oxygens (including phenoxy) is 1. The molecule has 0 spiro atoms. The largest absolute Gasteiger partial charge is 0.493 e. The van der Waals surface area contributed by atoms with Crippen LogP contribution in [-0.4, -0.2) is 27.1 Å². The maximum Gasteiger partial charge on any atom is 0.191 e. The van der Waals surface area contributed by atoms with Gasteiger partial charge in [0.2, 0.25) is 0 Å². The van der Waals surface area contributed by atoms with Crippen molar-refractivity contribution in [2.24, 2.45) is 7.05 Å². The van der Waals surface area contributed by atoms with Crippen LogP contribution in [0.2, 0.25) is 10.0 Å². The Kier molecular flexibility index (Phi) is 7.76. The van der Waals surface area contributed by atoms with E-state index >= 15 is 0 Å². The van der Waals surface area contributed by atoms with Crippen molar-refractivity contribution in [3.05, 3.63) is 70.0 Å². The van der Waals surface area contributed by atoms with E-state index in [0.717, 1.165) is 39.6 Å². The van der Waals surface area contributed by atoms with E-state index in [-0.39, 0.29) is 0 Å². The monoisotopic (exact) mass is 439 g/mol. The lowest BCUT2D eigenvalue weighted by Crippen LogP contribution is -2.02. The Balaban J connectivity index is 1.44. The number of nitrogens with zero attached hydrogens (tertiary/aromatic N) is 3. The van der Waals surface area contributed by atoms with Gasteiger partial charge in [0.05, 0.1) is 12.4 Å². The molecular weight excluding hydrogens is 421 g/mol. The lowest BCUT2D eigenvalue weighted by Gasteiger charge is -2.07. The van der Waals surface area contributed by atoms with Gasteiger partial charge in [0.1, 0.15) is 11.6 Å². The highest BCUT2D eigenvalue weighted by Gasteiger charge is 2.11. The number of aromatic nitrogens is 3. The SMILES string of the molecule is Cn1c(CSCCOc2ccccc2)nnc1SCc1ccc(Cl)cc1Cl. The van der Waals surface area contributed by atoms with Crippen LogP contribution in [0.1, 0.15) is 11.4 Å². The first kappa shape index (κ1) is 20.4. The summed E-state index contributed by atoms with van der Waals surface area (Å²) in [6.45, 7) is 0.670. The number of thioether (sulfide) groups is 2. The molecule has 2 aromatic carbocycles. The van der Waals surface area contributed by atoms with Gasteiger partial charge in [-0.3, -0.25) is 0 Å². The third kappa shape index (κ3) is 6.07. The summed E-state index contributed by atoms with van der Waals surface area (Å²) < 4.78 is 7.72. The standard InChI is InChI=1S/C19H19Cl2N3OS2/c1-24-18(13-26-10-9-25-16-5-3-2-4-6-16)22-23-19(24)27-12-14-7-8-15(20)11-17(14)21/h2-8,11H,9-10,12-13H2,1H3. The fourth-order valence-corrected chi connectivity index (χ4v) is 4.54. The molecule has 1 heterocycles. The molecule has 0 atom stereocenters. The van der Waals surface area contributed by atoms with Gasteiger partial charge >= 0.3 is 0 Å². The highest BCUT2D eigenvalue weighted by molar-refractivity contribution is 7.98. The zero-order valence-electron chi connectivity index (χ0n) is 14.8. The predicted octanol–water partition coefficient (Wildman–Crippen LogP) is 5.73. The number of hydrogen-bond acceptors (Lipinski definition) is 5. The summed E-state index contributed by atoms with van der Waals surface area (Å²) >= 11 is 15.6. The van der Waals surface area contributed by atoms with Crippen LogP contribution in [0, 0.1) is 0 Å². The van der Waals surface area contributed by atoms with Crippen LogP contribution in [0.4, 0.5) is 0 Å². The van der Waals surface area contributed by atoms with E-state index in [1.807, 2.05) is 54.1 Å². The Hall–Kier alpha value is -1.34. The molecule has 0 aliphatic heterocycles. The maximum absolute atomic E-state index is 6.23. The lowest BCUT2D eigenvalue weighted by molar-refractivity contribution is 0.344. The minimum absolute atomic E-state index is 0.642. The van der Waals surface area contributed by atoms with Gasteiger partial charge in [-0.15, -0.1) is 10.2 Å². The highest BCUT2D eigenvalue weighted by Crippen LogP contribution is 2.28. The topological polar surface area (TPSA) is 39.9 Å². The molecule has 27 heavy (non-hydrogen) atoms. The van der Waals surface area contributed by atoms with Crippen molar-refractivity contribution in [1.82, 2.24) is 14.8 Å². The molecule has 1 aromatic heterocycles. The predicted molar refractivity (Wildman–Crippen MR) is 115 cm³/mol. The van der Waals surface area contributed by atoms with Crippen LogP contribution < -0.4 is 4.74 Å². The molecule has 0 unspecified atom stereocenters. The van der Waals surface area contributed by atoms with Crippen LogP contribution in [0.5, 0.6) is 5.75 Å². The van der Waals surface area contributed by atoms with Crippen molar-refractivity contribution in [3.8, 4) is 5.75 Å². The summed E-state index contributed by atoms with van der Waals surface area (Å²) in [5, 5.41) is 10.8. The molecular formula is C19H19Cl2N3OS2. The van der Waals surface area contributed by atoms with Gasteiger partial charge in [-0.2, -0.15) is 11.8 Å². The van der Waals surface area contributed by atoms with Crippen LogP contribution in [0.25, 0.3) is 0 Å². The molecule has 0 N–H and O–H groups in total. The molecule has 0 fully saturated rings. The summed E-state index contributed by atoms with van der Waals surface area (Å²) in [4.78, 5) is 0. The molecule has 0 bridgehead atoms. The second-order valence-corrected chi connectivity index (χ2v) is 8.59. The van der Waals surface area contributed by atoms with Gasteiger partial charge in [-0.1, -0.05) is 59.2 Å². The van der Waals surface area contributed by atoms with Gasteiger partial charge in [-0.25, -0.2) is 0 Å².